The van der Waals surface area contributed by atoms with Crippen LogP contribution in [0.4, 0.5) is 5.69 Å². The van der Waals surface area contributed by atoms with Crippen LogP contribution in [-0.4, -0.2) is 45.5 Å². The third-order valence-corrected chi connectivity index (χ3v) is 4.79. The molecule has 0 saturated heterocycles. The number of benzene rings is 1. The fourth-order valence-corrected chi connectivity index (χ4v) is 3.24. The summed E-state index contributed by atoms with van der Waals surface area (Å²) in [5, 5.41) is 0. The normalized spacial score (nSPS) is 11.4. The number of nitrogens with two attached hydrogens (primary N) is 1. The molecule has 0 atom stereocenters. The Kier molecular flexibility index (Phi) is 5.98. The monoisotopic (exact) mass is 316 g/mol. The van der Waals surface area contributed by atoms with Crippen LogP contribution in [0.15, 0.2) is 23.1 Å². The van der Waals surface area contributed by atoms with E-state index in [0.29, 0.717) is 5.75 Å². The number of esters is 1. The predicted octanol–water partition coefficient (Wildman–Crippen LogP) is 0.851. The lowest BCUT2D eigenvalue weighted by atomic mass is 10.3. The molecule has 1 rings (SSSR count). The molecule has 0 aromatic heterocycles. The van der Waals surface area contributed by atoms with Crippen LogP contribution in [0.5, 0.6) is 5.75 Å². The first-order chi connectivity index (χ1) is 9.86. The van der Waals surface area contributed by atoms with Gasteiger partial charge in [-0.05, 0) is 19.1 Å². The Hall–Kier alpha value is -1.80. The fraction of sp³-hybridized carbons (Fsp3) is 0.462. The van der Waals surface area contributed by atoms with Crippen molar-refractivity contribution < 1.29 is 22.7 Å². The zero-order valence-electron chi connectivity index (χ0n) is 12.3. The lowest BCUT2D eigenvalue weighted by molar-refractivity contribution is -0.143. The van der Waals surface area contributed by atoms with E-state index in [-0.39, 0.29) is 30.3 Å². The average Bonchev–Trinajstić information content (AvgIpc) is 2.44. The van der Waals surface area contributed by atoms with E-state index in [1.807, 2.05) is 0 Å². The highest BCUT2D eigenvalue weighted by atomic mass is 32.2. The van der Waals surface area contributed by atoms with Crippen molar-refractivity contribution in [3.63, 3.8) is 0 Å². The van der Waals surface area contributed by atoms with Gasteiger partial charge >= 0.3 is 5.97 Å². The molecule has 0 saturated carbocycles. The molecule has 0 aliphatic heterocycles. The Morgan fingerprint density at radius 2 is 2.00 bits per heavy atom. The second kappa shape index (κ2) is 7.28. The highest BCUT2D eigenvalue weighted by Gasteiger charge is 2.27. The summed E-state index contributed by atoms with van der Waals surface area (Å²) < 4.78 is 35.8. The van der Waals surface area contributed by atoms with Crippen molar-refractivity contribution in [3.8, 4) is 5.75 Å². The molecular formula is C13H20N2O5S. The molecule has 0 unspecified atom stereocenters. The summed E-state index contributed by atoms with van der Waals surface area (Å²) >= 11 is 0. The third-order valence-electron chi connectivity index (χ3n) is 2.80. The summed E-state index contributed by atoms with van der Waals surface area (Å²) in [5.74, 6) is -0.144. The maximum Gasteiger partial charge on any atom is 0.321 e. The molecule has 0 bridgehead atoms. The number of nitrogens with zero attached hydrogens (tertiary/aromatic N) is 1. The number of sulfonamides is 1. The van der Waals surface area contributed by atoms with E-state index in [4.69, 9.17) is 15.2 Å². The molecule has 1 aromatic carbocycles. The Morgan fingerprint density at radius 1 is 1.33 bits per heavy atom. The number of likely N-dealkylation sites (N-methyl/N-ethyl adjacent to an activating group) is 1. The molecule has 0 aliphatic carbocycles. The maximum absolute atomic E-state index is 12.5. The number of carbonyl (C=O) groups excluding carboxylic acids is 1. The molecule has 8 heteroatoms. The third kappa shape index (κ3) is 4.08. The van der Waals surface area contributed by atoms with Crippen molar-refractivity contribution in [2.45, 2.75) is 18.7 Å². The minimum Gasteiger partial charge on any atom is -0.497 e. The van der Waals surface area contributed by atoms with E-state index in [1.54, 1.807) is 13.8 Å². The number of methoxy groups -OCH3 is 1. The van der Waals surface area contributed by atoms with Crippen LogP contribution in [-0.2, 0) is 19.6 Å². The van der Waals surface area contributed by atoms with Gasteiger partial charge in [0.15, 0.2) is 0 Å². The van der Waals surface area contributed by atoms with Gasteiger partial charge in [-0.3, -0.25) is 4.79 Å². The molecule has 21 heavy (non-hydrogen) atoms. The molecule has 0 heterocycles. The smallest absolute Gasteiger partial charge is 0.321 e. The first kappa shape index (κ1) is 17.3. The van der Waals surface area contributed by atoms with Gasteiger partial charge in [-0.15, -0.1) is 0 Å². The van der Waals surface area contributed by atoms with Crippen molar-refractivity contribution in [2.75, 3.05) is 32.5 Å². The quantitative estimate of drug-likeness (QED) is 0.591. The molecule has 118 valence electrons. The van der Waals surface area contributed by atoms with Crippen molar-refractivity contribution in [1.29, 1.82) is 0 Å². The summed E-state index contributed by atoms with van der Waals surface area (Å²) in [6.45, 7) is 3.27. The van der Waals surface area contributed by atoms with Gasteiger partial charge in [0.2, 0.25) is 10.0 Å². The SMILES string of the molecule is CCOC(=O)CN(CC)S(=O)(=O)c1ccc(OC)cc1N. The maximum atomic E-state index is 12.5. The molecule has 0 spiro atoms. The standard InChI is InChI=1S/C13H20N2O5S/c1-4-15(9-13(16)20-5-2)21(17,18)12-7-6-10(19-3)8-11(12)14/h6-8H,4-5,9,14H2,1-3H3. The molecule has 1 aromatic rings. The van der Waals surface area contributed by atoms with Crippen LogP contribution in [0.25, 0.3) is 0 Å². The number of rotatable bonds is 7. The van der Waals surface area contributed by atoms with Crippen LogP contribution in [0, 0.1) is 0 Å². The molecule has 0 amide bonds. The second-order valence-corrected chi connectivity index (χ2v) is 6.05. The van der Waals surface area contributed by atoms with Crippen LogP contribution >= 0.6 is 0 Å². The van der Waals surface area contributed by atoms with Crippen LogP contribution < -0.4 is 10.5 Å². The Bertz CT molecular complexity index is 601. The number of anilines is 1. The molecule has 0 fully saturated rings. The number of nitrogen functional groups attached to an aromatic ring is 1. The topological polar surface area (TPSA) is 98.9 Å². The Morgan fingerprint density at radius 3 is 2.48 bits per heavy atom. The van der Waals surface area contributed by atoms with Gasteiger partial charge in [0.05, 0.1) is 19.4 Å². The number of hydrogen-bond donors (Lipinski definition) is 1. The van der Waals surface area contributed by atoms with Gasteiger partial charge < -0.3 is 15.2 Å². The number of carbonyl (C=O) groups is 1. The van der Waals surface area contributed by atoms with Crippen molar-refractivity contribution in [3.05, 3.63) is 18.2 Å². The lowest BCUT2D eigenvalue weighted by Crippen LogP contribution is -2.36. The van der Waals surface area contributed by atoms with E-state index in [0.717, 1.165) is 4.31 Å². The largest absolute Gasteiger partial charge is 0.497 e. The van der Waals surface area contributed by atoms with Crippen LogP contribution in [0.3, 0.4) is 0 Å². The minimum absolute atomic E-state index is 0.0607. The van der Waals surface area contributed by atoms with Crippen molar-refractivity contribution >= 4 is 21.7 Å². The molecule has 7 nitrogen and oxygen atoms in total. The van der Waals surface area contributed by atoms with E-state index in [1.165, 1.54) is 25.3 Å². The van der Waals surface area contributed by atoms with Gasteiger partial charge in [0.1, 0.15) is 17.2 Å². The van der Waals surface area contributed by atoms with Crippen LogP contribution in [0.2, 0.25) is 0 Å². The number of hydrogen-bond acceptors (Lipinski definition) is 6. The molecular weight excluding hydrogens is 296 g/mol. The summed E-state index contributed by atoms with van der Waals surface area (Å²) in [6.07, 6.45) is 0. The van der Waals surface area contributed by atoms with E-state index >= 15 is 0 Å². The minimum atomic E-state index is -3.87. The van der Waals surface area contributed by atoms with Crippen molar-refractivity contribution in [2.24, 2.45) is 0 Å². The van der Waals surface area contributed by atoms with E-state index in [9.17, 15) is 13.2 Å². The highest BCUT2D eigenvalue weighted by molar-refractivity contribution is 7.89. The summed E-state index contributed by atoms with van der Waals surface area (Å²) in [5.41, 5.74) is 5.83. The first-order valence-corrected chi connectivity index (χ1v) is 7.90. The van der Waals surface area contributed by atoms with Gasteiger partial charge in [-0.25, -0.2) is 8.42 Å². The van der Waals surface area contributed by atoms with E-state index in [2.05, 4.69) is 0 Å². The van der Waals surface area contributed by atoms with Crippen LogP contribution in [0.1, 0.15) is 13.8 Å². The average molecular weight is 316 g/mol. The van der Waals surface area contributed by atoms with Gasteiger partial charge in [0, 0.05) is 12.6 Å². The Balaban J connectivity index is 3.10. The second-order valence-electron chi connectivity index (χ2n) is 4.14. The molecule has 0 aliphatic rings. The fourth-order valence-electron chi connectivity index (χ4n) is 1.74. The Labute approximate surface area is 124 Å². The first-order valence-electron chi connectivity index (χ1n) is 6.46. The summed E-state index contributed by atoms with van der Waals surface area (Å²) in [4.78, 5) is 11.4. The van der Waals surface area contributed by atoms with Crippen molar-refractivity contribution in [1.82, 2.24) is 4.31 Å². The van der Waals surface area contributed by atoms with Gasteiger partial charge in [0.25, 0.3) is 0 Å². The molecule has 0 radical (unpaired) electrons. The van der Waals surface area contributed by atoms with Gasteiger partial charge in [-0.2, -0.15) is 4.31 Å². The lowest BCUT2D eigenvalue weighted by Gasteiger charge is -2.20. The zero-order valence-corrected chi connectivity index (χ0v) is 13.1. The summed E-state index contributed by atoms with van der Waals surface area (Å²) in [7, 11) is -2.41. The summed E-state index contributed by atoms with van der Waals surface area (Å²) in [6, 6.07) is 4.28. The highest BCUT2D eigenvalue weighted by Crippen LogP contribution is 2.26. The zero-order chi connectivity index (χ0) is 16.0. The molecule has 2 N–H and O–H groups in total. The predicted molar refractivity (Wildman–Crippen MR) is 78.5 cm³/mol. The van der Waals surface area contributed by atoms with E-state index < -0.39 is 16.0 Å². The number of ether oxygens (including phenoxy) is 2. The van der Waals surface area contributed by atoms with Gasteiger partial charge in [-0.1, -0.05) is 6.92 Å².